The van der Waals surface area contributed by atoms with E-state index in [1.165, 1.54) is 38.8 Å². The Hall–Kier alpha value is -1.44. The van der Waals surface area contributed by atoms with Gasteiger partial charge in [0, 0.05) is 11.1 Å². The van der Waals surface area contributed by atoms with Crippen LogP contribution in [-0.2, 0) is 24.7 Å². The second-order valence-electron chi connectivity index (χ2n) is 8.96. The van der Waals surface area contributed by atoms with Crippen LogP contribution in [0.4, 0.5) is 0 Å². The number of benzene rings is 2. The molecule has 7 rings (SSSR count). The quantitative estimate of drug-likeness (QED) is 0.326. The predicted molar refractivity (Wildman–Crippen MR) is 117 cm³/mol. The molecule has 0 fully saturated rings. The van der Waals surface area contributed by atoms with Gasteiger partial charge in [0.1, 0.15) is 11.5 Å². The van der Waals surface area contributed by atoms with E-state index in [1.54, 1.807) is 35.5 Å². The molecular formula is C25H25OSiZr. The summed E-state index contributed by atoms with van der Waals surface area (Å²) in [6.07, 6.45) is 2.36. The molecule has 0 N–H and O–H groups in total. The number of fused-ring (bicyclic) bond motifs is 3. The molecule has 139 valence electrons. The summed E-state index contributed by atoms with van der Waals surface area (Å²) in [5.74, 6) is 2.35. The van der Waals surface area contributed by atoms with E-state index in [0.717, 1.165) is 5.76 Å². The van der Waals surface area contributed by atoms with Crippen molar-refractivity contribution in [3.63, 3.8) is 0 Å². The van der Waals surface area contributed by atoms with Crippen molar-refractivity contribution in [3.05, 3.63) is 81.8 Å². The molecule has 0 spiro atoms. The number of hydrogen-bond acceptors (Lipinski definition) is 1. The van der Waals surface area contributed by atoms with Crippen molar-refractivity contribution in [3.8, 4) is 0 Å². The van der Waals surface area contributed by atoms with Crippen LogP contribution >= 0.6 is 0 Å². The topological polar surface area (TPSA) is 13.1 Å². The summed E-state index contributed by atoms with van der Waals surface area (Å²) in [5.41, 5.74) is 8.21. The SMILES string of the molecule is CC1=C2c3cc(C)oc3C1[Si]2(C)C.CC1=Cc2c(ccc3ccccc23)[CH]1[Zr]. The maximum absolute atomic E-state index is 5.78. The fraction of sp³-hybridized carbons (Fsp3) is 0.280. The van der Waals surface area contributed by atoms with Crippen molar-refractivity contribution in [1.29, 1.82) is 0 Å². The van der Waals surface area contributed by atoms with Gasteiger partial charge in [-0.3, -0.25) is 0 Å². The Morgan fingerprint density at radius 2 is 1.75 bits per heavy atom. The van der Waals surface area contributed by atoms with E-state index in [0.29, 0.717) is 9.17 Å². The van der Waals surface area contributed by atoms with Crippen LogP contribution in [0.25, 0.3) is 22.0 Å². The van der Waals surface area contributed by atoms with Gasteiger partial charge in [0.2, 0.25) is 0 Å². The van der Waals surface area contributed by atoms with Crippen LogP contribution in [-0.4, -0.2) is 8.07 Å². The van der Waals surface area contributed by atoms with Gasteiger partial charge in [-0.05, 0) is 25.1 Å². The van der Waals surface area contributed by atoms with Crippen LogP contribution in [0.1, 0.15) is 51.2 Å². The summed E-state index contributed by atoms with van der Waals surface area (Å²) < 4.78 is 6.46. The summed E-state index contributed by atoms with van der Waals surface area (Å²) in [5, 5.41) is 4.42. The number of aryl methyl sites for hydroxylation is 1. The van der Waals surface area contributed by atoms with Crippen LogP contribution in [0.2, 0.25) is 13.1 Å². The molecule has 2 atom stereocenters. The first-order valence-corrected chi connectivity index (χ1v) is 14.5. The summed E-state index contributed by atoms with van der Waals surface area (Å²) >= 11 is 1.60. The number of allylic oxidation sites excluding steroid dienone is 2. The second-order valence-corrected chi connectivity index (χ2v) is 14.9. The van der Waals surface area contributed by atoms with E-state index in [1.807, 2.05) is 6.92 Å². The molecule has 2 aliphatic carbocycles. The molecule has 4 aliphatic rings. The fourth-order valence-electron chi connectivity index (χ4n) is 5.57. The third kappa shape index (κ3) is 2.45. The van der Waals surface area contributed by atoms with Crippen LogP contribution in [0.3, 0.4) is 0 Å². The fourth-order valence-corrected chi connectivity index (χ4v) is 10.6. The first-order valence-electron chi connectivity index (χ1n) is 10.0. The molecule has 2 bridgehead atoms. The molecular weight excluding hydrogens is 436 g/mol. The molecule has 0 radical (unpaired) electrons. The van der Waals surface area contributed by atoms with Crippen molar-refractivity contribution < 1.29 is 29.1 Å². The van der Waals surface area contributed by atoms with Gasteiger partial charge in [0.25, 0.3) is 0 Å². The van der Waals surface area contributed by atoms with E-state index in [9.17, 15) is 0 Å². The summed E-state index contributed by atoms with van der Waals surface area (Å²) in [4.78, 5) is 0. The molecule has 0 amide bonds. The molecule has 3 heterocycles. The minimum atomic E-state index is -1.10. The van der Waals surface area contributed by atoms with Gasteiger partial charge in [-0.1, -0.05) is 18.7 Å². The van der Waals surface area contributed by atoms with E-state index in [-0.39, 0.29) is 0 Å². The van der Waals surface area contributed by atoms with Crippen molar-refractivity contribution in [1.82, 2.24) is 0 Å². The van der Waals surface area contributed by atoms with Crippen molar-refractivity contribution in [2.75, 3.05) is 0 Å². The minimum absolute atomic E-state index is 0.678. The predicted octanol–water partition coefficient (Wildman–Crippen LogP) is 7.10. The number of rotatable bonds is 0. The average molecular weight is 461 g/mol. The van der Waals surface area contributed by atoms with Crippen LogP contribution in [0.5, 0.6) is 0 Å². The molecule has 0 saturated heterocycles. The second kappa shape index (κ2) is 6.28. The Kier molecular flexibility index (Phi) is 4.17. The first kappa shape index (κ1) is 18.6. The Labute approximate surface area is 183 Å². The molecule has 2 unspecified atom stereocenters. The van der Waals surface area contributed by atoms with E-state index < -0.39 is 8.07 Å². The monoisotopic (exact) mass is 459 g/mol. The third-order valence-electron chi connectivity index (χ3n) is 6.75. The van der Waals surface area contributed by atoms with Gasteiger partial charge in [-0.15, -0.1) is 0 Å². The molecule has 2 aromatic carbocycles. The normalized spacial score (nSPS) is 22.9. The Morgan fingerprint density at radius 3 is 2.46 bits per heavy atom. The average Bonchev–Trinajstić information content (AvgIpc) is 3.30. The zero-order chi connectivity index (χ0) is 19.8. The molecule has 3 aromatic rings. The summed E-state index contributed by atoms with van der Waals surface area (Å²) in [6, 6.07) is 15.4. The summed E-state index contributed by atoms with van der Waals surface area (Å²) in [7, 11) is -1.10. The third-order valence-corrected chi connectivity index (χ3v) is 12.7. The molecule has 1 aromatic heterocycles. The van der Waals surface area contributed by atoms with Crippen LogP contribution in [0, 0.1) is 6.92 Å². The van der Waals surface area contributed by atoms with Gasteiger partial charge < -0.3 is 4.42 Å². The van der Waals surface area contributed by atoms with Crippen LogP contribution < -0.4 is 0 Å². The number of hydrogen-bond donors (Lipinski definition) is 0. The molecule has 1 nitrogen and oxygen atoms in total. The van der Waals surface area contributed by atoms with Gasteiger partial charge in [-0.25, -0.2) is 0 Å². The van der Waals surface area contributed by atoms with Gasteiger partial charge >= 0.3 is 105 Å². The standard InChI is InChI=1S/C14H11.C11H14OSi.Zr/c1-10-8-12-7-6-11-4-2-3-5-13(11)14(12)9-10;1-6-5-8-9(12-6)11-7(2)10(8)13(11,3)4;/h2-9H,1H3;5,11H,1-4H3;. The Balaban J connectivity index is 0.000000123. The number of furan rings is 1. The van der Waals surface area contributed by atoms with E-state index in [2.05, 4.69) is 75.5 Å². The molecule has 3 heteroatoms. The first-order chi connectivity index (χ1) is 13.3. The van der Waals surface area contributed by atoms with Crippen molar-refractivity contribution in [2.45, 2.75) is 43.0 Å². The Morgan fingerprint density at radius 1 is 1.00 bits per heavy atom. The summed E-state index contributed by atoms with van der Waals surface area (Å²) in [6.45, 7) is 11.5. The maximum atomic E-state index is 5.78. The molecule has 0 saturated carbocycles. The molecule has 2 aliphatic heterocycles. The van der Waals surface area contributed by atoms with E-state index in [4.69, 9.17) is 4.42 Å². The van der Waals surface area contributed by atoms with Crippen molar-refractivity contribution in [2.24, 2.45) is 0 Å². The van der Waals surface area contributed by atoms with E-state index >= 15 is 0 Å². The van der Waals surface area contributed by atoms with Gasteiger partial charge in [0.05, 0.1) is 8.07 Å². The van der Waals surface area contributed by atoms with Crippen molar-refractivity contribution >= 4 is 30.1 Å². The Bertz CT molecular complexity index is 1190. The zero-order valence-corrected chi connectivity index (χ0v) is 20.6. The molecule has 28 heavy (non-hydrogen) atoms. The van der Waals surface area contributed by atoms with Gasteiger partial charge in [-0.2, -0.15) is 0 Å². The van der Waals surface area contributed by atoms with Gasteiger partial charge in [0.15, 0.2) is 0 Å². The van der Waals surface area contributed by atoms with Crippen LogP contribution in [0.15, 0.2) is 58.0 Å². The zero-order valence-electron chi connectivity index (χ0n) is 17.2.